The van der Waals surface area contributed by atoms with Crippen molar-refractivity contribution in [3.05, 3.63) is 30.1 Å². The Balaban J connectivity index is 0.00000192. The van der Waals surface area contributed by atoms with E-state index in [1.54, 1.807) is 23.1 Å². The molecule has 128 valence electrons. The molecule has 0 spiro atoms. The average Bonchev–Trinajstić information content (AvgIpc) is 2.84. The van der Waals surface area contributed by atoms with Gasteiger partial charge in [0.2, 0.25) is 5.91 Å². The number of hydrogen-bond donors (Lipinski definition) is 1. The van der Waals surface area contributed by atoms with Gasteiger partial charge in [-0.1, -0.05) is 26.0 Å². The van der Waals surface area contributed by atoms with E-state index in [-0.39, 0.29) is 41.6 Å². The molecule has 3 rings (SSSR count). The molecule has 1 aromatic rings. The number of amides is 1. The number of rotatable bonds is 2. The highest BCUT2D eigenvalue weighted by Gasteiger charge is 2.42. The summed E-state index contributed by atoms with van der Waals surface area (Å²) in [7, 11) is 0. The normalized spacial score (nSPS) is 27.8. The summed E-state index contributed by atoms with van der Waals surface area (Å²) in [6.45, 7) is 6.53. The van der Waals surface area contributed by atoms with E-state index in [0.29, 0.717) is 12.2 Å². The molecule has 4 nitrogen and oxygen atoms in total. The lowest BCUT2D eigenvalue weighted by atomic mass is 9.79. The third kappa shape index (κ3) is 3.37. The molecule has 1 amide bonds. The van der Waals surface area contributed by atoms with Crippen molar-refractivity contribution in [2.45, 2.75) is 38.8 Å². The van der Waals surface area contributed by atoms with Crippen LogP contribution in [0.5, 0.6) is 0 Å². The van der Waals surface area contributed by atoms with Crippen LogP contribution in [-0.4, -0.2) is 42.5 Å². The summed E-state index contributed by atoms with van der Waals surface area (Å²) in [5, 5.41) is 0. The van der Waals surface area contributed by atoms with Crippen LogP contribution in [0.4, 0.5) is 10.1 Å². The highest BCUT2D eigenvalue weighted by atomic mass is 35.5. The Morgan fingerprint density at radius 2 is 1.91 bits per heavy atom. The highest BCUT2D eigenvalue weighted by Crippen LogP contribution is 2.33. The van der Waals surface area contributed by atoms with Gasteiger partial charge in [-0.05, 0) is 30.4 Å². The van der Waals surface area contributed by atoms with Gasteiger partial charge in [-0.15, -0.1) is 12.4 Å². The smallest absolute Gasteiger partial charge is 0.244 e. The number of nitrogens with zero attached hydrogens (tertiary/aromatic N) is 2. The fraction of sp³-hybridized carbons (Fsp3) is 0.588. The molecule has 2 saturated heterocycles. The number of halogens is 2. The van der Waals surface area contributed by atoms with Crippen LogP contribution in [0.1, 0.15) is 26.7 Å². The van der Waals surface area contributed by atoms with E-state index in [9.17, 15) is 9.18 Å². The second-order valence-electron chi connectivity index (χ2n) is 7.10. The molecule has 2 fully saturated rings. The lowest BCUT2D eigenvalue weighted by Gasteiger charge is -2.44. The van der Waals surface area contributed by atoms with E-state index in [0.717, 1.165) is 25.9 Å². The van der Waals surface area contributed by atoms with Gasteiger partial charge in [0, 0.05) is 25.7 Å². The summed E-state index contributed by atoms with van der Waals surface area (Å²) in [5.41, 5.74) is 6.57. The van der Waals surface area contributed by atoms with Crippen molar-refractivity contribution in [1.82, 2.24) is 4.90 Å². The third-order valence-corrected chi connectivity index (χ3v) is 5.10. The molecule has 2 aliphatic heterocycles. The van der Waals surface area contributed by atoms with Crippen molar-refractivity contribution in [3.63, 3.8) is 0 Å². The molecule has 0 saturated carbocycles. The van der Waals surface area contributed by atoms with Crippen LogP contribution in [0.3, 0.4) is 0 Å². The monoisotopic (exact) mass is 341 g/mol. The SMILES string of the molecule is CC1(C)CN(C2CCN(c3ccccc3F)C2=O)CCC1N.Cl. The zero-order valence-corrected chi connectivity index (χ0v) is 14.5. The van der Waals surface area contributed by atoms with Gasteiger partial charge in [0.1, 0.15) is 5.82 Å². The second kappa shape index (κ2) is 6.75. The first-order chi connectivity index (χ1) is 10.4. The molecule has 0 aliphatic carbocycles. The largest absolute Gasteiger partial charge is 0.327 e. The zero-order valence-electron chi connectivity index (χ0n) is 13.7. The van der Waals surface area contributed by atoms with Crippen LogP contribution in [0.25, 0.3) is 0 Å². The first kappa shape index (κ1) is 18.2. The standard InChI is InChI=1S/C17H24FN3O.ClH/c1-17(2)11-20(9-8-15(17)19)14-7-10-21(16(14)22)13-6-4-3-5-12(13)18;/h3-6,14-15H,7-11,19H2,1-2H3;1H. The molecule has 2 heterocycles. The number of piperidine rings is 1. The maximum Gasteiger partial charge on any atom is 0.244 e. The Morgan fingerprint density at radius 3 is 2.57 bits per heavy atom. The second-order valence-corrected chi connectivity index (χ2v) is 7.10. The number of carbonyl (C=O) groups excluding carboxylic acids is 1. The van der Waals surface area contributed by atoms with E-state index in [2.05, 4.69) is 18.7 Å². The van der Waals surface area contributed by atoms with Crippen molar-refractivity contribution < 1.29 is 9.18 Å². The van der Waals surface area contributed by atoms with Gasteiger partial charge < -0.3 is 10.6 Å². The van der Waals surface area contributed by atoms with Crippen molar-refractivity contribution in [1.29, 1.82) is 0 Å². The van der Waals surface area contributed by atoms with E-state index in [4.69, 9.17) is 5.73 Å². The Kier molecular flexibility index (Phi) is 5.33. The van der Waals surface area contributed by atoms with Crippen molar-refractivity contribution in [2.75, 3.05) is 24.5 Å². The molecule has 0 radical (unpaired) electrons. The first-order valence-electron chi connectivity index (χ1n) is 7.96. The lowest BCUT2D eigenvalue weighted by Crippen LogP contribution is -2.56. The summed E-state index contributed by atoms with van der Waals surface area (Å²) in [5.74, 6) is -0.325. The molecule has 1 aromatic carbocycles. The van der Waals surface area contributed by atoms with Crippen LogP contribution in [0.15, 0.2) is 24.3 Å². The third-order valence-electron chi connectivity index (χ3n) is 5.10. The number of hydrogen-bond acceptors (Lipinski definition) is 3. The number of anilines is 1. The molecule has 2 atom stereocenters. The molecule has 0 aromatic heterocycles. The molecular weight excluding hydrogens is 317 g/mol. The minimum absolute atomic E-state index is 0. The van der Waals surface area contributed by atoms with E-state index in [1.807, 2.05) is 0 Å². The van der Waals surface area contributed by atoms with Crippen LogP contribution in [0, 0.1) is 11.2 Å². The van der Waals surface area contributed by atoms with Gasteiger partial charge in [0.15, 0.2) is 0 Å². The van der Waals surface area contributed by atoms with Gasteiger partial charge in [-0.2, -0.15) is 0 Å². The number of likely N-dealkylation sites (tertiary alicyclic amines) is 1. The van der Waals surface area contributed by atoms with Crippen LogP contribution in [-0.2, 0) is 4.79 Å². The summed E-state index contributed by atoms with van der Waals surface area (Å²) in [4.78, 5) is 16.5. The topological polar surface area (TPSA) is 49.6 Å². The Morgan fingerprint density at radius 1 is 1.22 bits per heavy atom. The molecule has 6 heteroatoms. The average molecular weight is 342 g/mol. The molecule has 2 unspecified atom stereocenters. The van der Waals surface area contributed by atoms with E-state index < -0.39 is 0 Å². The molecule has 23 heavy (non-hydrogen) atoms. The molecular formula is C17H25ClFN3O. The van der Waals surface area contributed by atoms with Gasteiger partial charge in [0.05, 0.1) is 11.7 Å². The van der Waals surface area contributed by atoms with E-state index in [1.165, 1.54) is 6.07 Å². The maximum atomic E-state index is 13.9. The minimum Gasteiger partial charge on any atom is -0.327 e. The van der Waals surface area contributed by atoms with Crippen LogP contribution in [0.2, 0.25) is 0 Å². The summed E-state index contributed by atoms with van der Waals surface area (Å²) < 4.78 is 13.9. The van der Waals surface area contributed by atoms with Gasteiger partial charge in [-0.3, -0.25) is 9.69 Å². The molecule has 2 N–H and O–H groups in total. The quantitative estimate of drug-likeness (QED) is 0.898. The fourth-order valence-electron chi connectivity index (χ4n) is 3.59. The highest BCUT2D eigenvalue weighted by molar-refractivity contribution is 5.99. The zero-order chi connectivity index (χ0) is 15.9. The minimum atomic E-state index is -0.336. The Bertz CT molecular complexity index is 581. The van der Waals surface area contributed by atoms with Crippen molar-refractivity contribution in [2.24, 2.45) is 11.1 Å². The van der Waals surface area contributed by atoms with E-state index >= 15 is 0 Å². The summed E-state index contributed by atoms with van der Waals surface area (Å²) in [6.07, 6.45) is 1.65. The predicted octanol–water partition coefficient (Wildman–Crippen LogP) is 2.41. The number of para-hydroxylation sites is 1. The van der Waals surface area contributed by atoms with Crippen LogP contribution < -0.4 is 10.6 Å². The van der Waals surface area contributed by atoms with Crippen molar-refractivity contribution in [3.8, 4) is 0 Å². The summed E-state index contributed by atoms with van der Waals surface area (Å²) in [6, 6.07) is 6.51. The van der Waals surface area contributed by atoms with Crippen molar-refractivity contribution >= 4 is 24.0 Å². The van der Waals surface area contributed by atoms with Gasteiger partial charge in [-0.25, -0.2) is 4.39 Å². The first-order valence-corrected chi connectivity index (χ1v) is 7.96. The van der Waals surface area contributed by atoms with Crippen LogP contribution >= 0.6 is 12.4 Å². The Hall–Kier alpha value is -1.17. The number of nitrogens with two attached hydrogens (primary N) is 1. The molecule has 0 bridgehead atoms. The van der Waals surface area contributed by atoms with Gasteiger partial charge >= 0.3 is 0 Å². The predicted molar refractivity (Wildman–Crippen MR) is 92.4 cm³/mol. The fourth-order valence-corrected chi connectivity index (χ4v) is 3.59. The lowest BCUT2D eigenvalue weighted by molar-refractivity contribution is -0.122. The number of carbonyl (C=O) groups is 1. The van der Waals surface area contributed by atoms with Gasteiger partial charge in [0.25, 0.3) is 0 Å². The molecule has 2 aliphatic rings. The maximum absolute atomic E-state index is 13.9. The summed E-state index contributed by atoms with van der Waals surface area (Å²) >= 11 is 0. The Labute approximate surface area is 143 Å². The number of benzene rings is 1.